The number of carbonyl (C=O) groups excluding carboxylic acids is 2. The fourth-order valence-electron chi connectivity index (χ4n) is 5.95. The van der Waals surface area contributed by atoms with E-state index in [1.54, 1.807) is 18.3 Å². The van der Waals surface area contributed by atoms with Crippen LogP contribution in [-0.4, -0.2) is 91.9 Å². The number of hydrogen-bond donors (Lipinski definition) is 1. The molecule has 41 heavy (non-hydrogen) atoms. The molecule has 4 aromatic rings. The summed E-state index contributed by atoms with van der Waals surface area (Å²) in [4.78, 5) is 39.4. The summed E-state index contributed by atoms with van der Waals surface area (Å²) in [5.41, 5.74) is 3.99. The number of nitrogens with zero attached hydrogens (tertiary/aromatic N) is 7. The highest BCUT2D eigenvalue weighted by Crippen LogP contribution is 2.34. The molecule has 6 rings (SSSR count). The molecule has 11 heteroatoms. The van der Waals surface area contributed by atoms with E-state index in [2.05, 4.69) is 32.4 Å². The first-order valence-corrected chi connectivity index (χ1v) is 14.3. The number of aromatic nitrogens is 5. The van der Waals surface area contributed by atoms with E-state index in [0.29, 0.717) is 24.6 Å². The summed E-state index contributed by atoms with van der Waals surface area (Å²) in [7, 11) is 0. The normalized spacial score (nSPS) is 18.5. The maximum atomic E-state index is 13.4. The third-order valence-corrected chi connectivity index (χ3v) is 8.09. The summed E-state index contributed by atoms with van der Waals surface area (Å²) in [5, 5.41) is 8.81. The monoisotopic (exact) mass is 556 g/mol. The Morgan fingerprint density at radius 2 is 2.00 bits per heavy atom. The average Bonchev–Trinajstić information content (AvgIpc) is 3.48. The summed E-state index contributed by atoms with van der Waals surface area (Å²) < 4.78 is 9.65. The number of ether oxygens (including phenoxy) is 1. The summed E-state index contributed by atoms with van der Waals surface area (Å²) in [6, 6.07) is 7.43. The van der Waals surface area contributed by atoms with Crippen molar-refractivity contribution in [3.63, 3.8) is 0 Å². The zero-order valence-electron chi connectivity index (χ0n) is 23.5. The van der Waals surface area contributed by atoms with Crippen molar-refractivity contribution in [3.8, 4) is 0 Å². The first kappa shape index (κ1) is 27.1. The number of likely N-dealkylation sites (tertiary alicyclic amines) is 1. The van der Waals surface area contributed by atoms with Crippen molar-refractivity contribution in [1.82, 2.24) is 34.1 Å². The van der Waals surface area contributed by atoms with Crippen LogP contribution in [-0.2, 0) is 16.1 Å². The molecule has 0 unspecified atom stereocenters. The highest BCUT2D eigenvalue weighted by molar-refractivity contribution is 6.07. The summed E-state index contributed by atoms with van der Waals surface area (Å²) in [6.07, 6.45) is 7.62. The fraction of sp³-hybridized carbons (Fsp3) is 0.433. The molecule has 0 bridgehead atoms. The van der Waals surface area contributed by atoms with Gasteiger partial charge < -0.3 is 14.2 Å². The molecule has 5 heterocycles. The Balaban J connectivity index is 1.41. The fourth-order valence-corrected chi connectivity index (χ4v) is 5.95. The molecule has 0 spiro atoms. The van der Waals surface area contributed by atoms with E-state index in [-0.39, 0.29) is 17.9 Å². The van der Waals surface area contributed by atoms with Gasteiger partial charge in [-0.15, -0.1) is 0 Å². The molecule has 11 nitrogen and oxygen atoms in total. The molecule has 1 N–H and O–H groups in total. The van der Waals surface area contributed by atoms with Crippen LogP contribution < -0.4 is 5.32 Å². The van der Waals surface area contributed by atoms with E-state index in [4.69, 9.17) is 14.8 Å². The van der Waals surface area contributed by atoms with Gasteiger partial charge in [0.1, 0.15) is 0 Å². The van der Waals surface area contributed by atoms with Crippen molar-refractivity contribution in [2.24, 2.45) is 0 Å². The van der Waals surface area contributed by atoms with Gasteiger partial charge in [-0.25, -0.2) is 4.98 Å². The zero-order chi connectivity index (χ0) is 28.3. The Morgan fingerprint density at radius 3 is 2.80 bits per heavy atom. The molecule has 214 valence electrons. The number of pyridine rings is 1. The largest absolute Gasteiger partial charge is 0.379 e. The highest BCUT2D eigenvalue weighted by atomic mass is 16.5. The minimum atomic E-state index is -0.253. The van der Waals surface area contributed by atoms with Gasteiger partial charge in [-0.1, -0.05) is 6.58 Å². The number of fused-ring (bicyclic) bond motifs is 3. The van der Waals surface area contributed by atoms with Gasteiger partial charge in [-0.05, 0) is 56.5 Å². The van der Waals surface area contributed by atoms with Crippen molar-refractivity contribution in [2.75, 3.05) is 51.3 Å². The molecule has 2 aliphatic rings. The lowest BCUT2D eigenvalue weighted by atomic mass is 10.1. The molecular weight excluding hydrogens is 520 g/mol. The Hall–Kier alpha value is -4.09. The SMILES string of the molecule is C=CC(=O)N1CCCC[C@@H](n2c(NC(=O)c3ccnc(C)c3)nc3ccc4c(cnn4CCN4CCOCC4)c32)C1. The second-order valence-electron chi connectivity index (χ2n) is 10.8. The number of imidazole rings is 1. The first-order valence-electron chi connectivity index (χ1n) is 14.3. The van der Waals surface area contributed by atoms with Crippen LogP contribution in [0, 0.1) is 6.92 Å². The molecule has 2 saturated heterocycles. The van der Waals surface area contributed by atoms with Crippen LogP contribution in [0.25, 0.3) is 21.9 Å². The van der Waals surface area contributed by atoms with Crippen molar-refractivity contribution >= 4 is 39.7 Å². The van der Waals surface area contributed by atoms with Crippen molar-refractivity contribution in [3.05, 3.63) is 60.6 Å². The van der Waals surface area contributed by atoms with Crippen LogP contribution in [0.15, 0.2) is 49.3 Å². The number of nitrogens with one attached hydrogen (secondary N) is 1. The van der Waals surface area contributed by atoms with E-state index in [1.165, 1.54) is 6.08 Å². The van der Waals surface area contributed by atoms with E-state index in [1.807, 2.05) is 28.8 Å². The Morgan fingerprint density at radius 1 is 1.15 bits per heavy atom. The minimum absolute atomic E-state index is 0.0804. The summed E-state index contributed by atoms with van der Waals surface area (Å²) >= 11 is 0. The van der Waals surface area contributed by atoms with Crippen LogP contribution >= 0.6 is 0 Å². The lowest BCUT2D eigenvalue weighted by molar-refractivity contribution is -0.126. The van der Waals surface area contributed by atoms with Gasteiger partial charge in [-0.2, -0.15) is 5.10 Å². The predicted octanol–water partition coefficient (Wildman–Crippen LogP) is 3.41. The number of benzene rings is 1. The second kappa shape index (κ2) is 11.8. The number of hydrogen-bond acceptors (Lipinski definition) is 7. The smallest absolute Gasteiger partial charge is 0.258 e. The van der Waals surface area contributed by atoms with Gasteiger partial charge in [0, 0.05) is 55.6 Å². The van der Waals surface area contributed by atoms with Crippen molar-refractivity contribution in [2.45, 2.75) is 38.8 Å². The van der Waals surface area contributed by atoms with E-state index in [9.17, 15) is 9.59 Å². The molecule has 2 aliphatic heterocycles. The van der Waals surface area contributed by atoms with Gasteiger partial charge in [0.15, 0.2) is 0 Å². The molecule has 1 aromatic carbocycles. The quantitative estimate of drug-likeness (QED) is 0.348. The van der Waals surface area contributed by atoms with E-state index in [0.717, 1.165) is 86.3 Å². The number of morpholine rings is 1. The van der Waals surface area contributed by atoms with E-state index >= 15 is 0 Å². The summed E-state index contributed by atoms with van der Waals surface area (Å²) in [6.45, 7) is 11.8. The maximum Gasteiger partial charge on any atom is 0.258 e. The Kier molecular flexibility index (Phi) is 7.80. The third-order valence-electron chi connectivity index (χ3n) is 8.09. The number of carbonyl (C=O) groups is 2. The van der Waals surface area contributed by atoms with Crippen LogP contribution in [0.3, 0.4) is 0 Å². The topological polar surface area (TPSA) is 110 Å². The molecule has 0 radical (unpaired) electrons. The van der Waals surface area contributed by atoms with Crippen LogP contribution in [0.5, 0.6) is 0 Å². The minimum Gasteiger partial charge on any atom is -0.379 e. The number of rotatable bonds is 7. The zero-order valence-corrected chi connectivity index (χ0v) is 23.5. The molecule has 1 atom stereocenters. The molecule has 0 aliphatic carbocycles. The lowest BCUT2D eigenvalue weighted by Gasteiger charge is -2.26. The van der Waals surface area contributed by atoms with E-state index < -0.39 is 0 Å². The third kappa shape index (κ3) is 5.59. The Bertz CT molecular complexity index is 1590. The highest BCUT2D eigenvalue weighted by Gasteiger charge is 2.28. The van der Waals surface area contributed by atoms with Crippen LogP contribution in [0.2, 0.25) is 0 Å². The van der Waals surface area contributed by atoms with Gasteiger partial charge in [0.2, 0.25) is 11.9 Å². The first-order chi connectivity index (χ1) is 20.0. The number of aryl methyl sites for hydroxylation is 1. The summed E-state index contributed by atoms with van der Waals surface area (Å²) in [5.74, 6) is 0.128. The van der Waals surface area contributed by atoms with Crippen LogP contribution in [0.1, 0.15) is 41.4 Å². The second-order valence-corrected chi connectivity index (χ2v) is 10.8. The molecule has 3 aromatic heterocycles. The van der Waals surface area contributed by atoms with Gasteiger partial charge in [-0.3, -0.25) is 29.5 Å². The molecule has 2 fully saturated rings. The number of amides is 2. The predicted molar refractivity (Wildman–Crippen MR) is 157 cm³/mol. The standard InChI is InChI=1S/C30H36N8O3/c1-3-27(39)36-11-5-4-6-23(20-36)38-28-24-19-32-37(13-12-35-14-16-41-17-15-35)26(24)8-7-25(28)33-30(38)34-29(40)22-9-10-31-21(2)18-22/h3,7-10,18-19,23H,1,4-6,11-17,20H2,2H3,(H,33,34,40)/t23-/m1/s1. The molecular formula is C30H36N8O3. The van der Waals surface area contributed by atoms with Gasteiger partial charge in [0.25, 0.3) is 5.91 Å². The molecule has 0 saturated carbocycles. The van der Waals surface area contributed by atoms with Crippen molar-refractivity contribution in [1.29, 1.82) is 0 Å². The average molecular weight is 557 g/mol. The van der Waals surface area contributed by atoms with Crippen LogP contribution in [0.4, 0.5) is 5.95 Å². The number of anilines is 1. The van der Waals surface area contributed by atoms with Gasteiger partial charge in [0.05, 0.1) is 48.5 Å². The maximum absolute atomic E-state index is 13.4. The molecule has 2 amide bonds. The Labute approximate surface area is 238 Å². The van der Waals surface area contributed by atoms with Gasteiger partial charge >= 0.3 is 0 Å². The van der Waals surface area contributed by atoms with Crippen molar-refractivity contribution < 1.29 is 14.3 Å². The lowest BCUT2D eigenvalue weighted by Crippen LogP contribution is -2.38.